The van der Waals surface area contributed by atoms with Crippen LogP contribution in [0.4, 0.5) is 0 Å². The average molecular weight is 383 g/mol. The van der Waals surface area contributed by atoms with Gasteiger partial charge in [0.2, 0.25) is 0 Å². The minimum absolute atomic E-state index is 0.446. The van der Waals surface area contributed by atoms with Crippen molar-refractivity contribution >= 4 is 11.3 Å². The molecule has 3 heterocycles. The second kappa shape index (κ2) is 8.23. The minimum Gasteiger partial charge on any atom is -0.497 e. The molecule has 1 aliphatic heterocycles. The molecule has 1 aromatic carbocycles. The van der Waals surface area contributed by atoms with Crippen LogP contribution in [-0.4, -0.2) is 33.3 Å². The molecular formula is C21H26N4OS. The highest BCUT2D eigenvalue weighted by molar-refractivity contribution is 7.13. The topological polar surface area (TPSA) is 43.2 Å². The van der Waals surface area contributed by atoms with E-state index in [1.165, 1.54) is 31.2 Å². The van der Waals surface area contributed by atoms with Crippen LogP contribution in [0.15, 0.2) is 42.0 Å². The van der Waals surface area contributed by atoms with Gasteiger partial charge in [-0.05, 0) is 37.1 Å². The number of aryl methyl sites for hydroxylation is 1. The molecule has 0 amide bonds. The van der Waals surface area contributed by atoms with Crippen LogP contribution in [0.5, 0.6) is 5.75 Å². The van der Waals surface area contributed by atoms with E-state index in [0.717, 1.165) is 35.1 Å². The Labute approximate surface area is 164 Å². The first-order chi connectivity index (χ1) is 13.2. The van der Waals surface area contributed by atoms with Gasteiger partial charge in [0.1, 0.15) is 10.8 Å². The van der Waals surface area contributed by atoms with E-state index < -0.39 is 0 Å². The van der Waals surface area contributed by atoms with Gasteiger partial charge in [0, 0.05) is 36.8 Å². The maximum atomic E-state index is 5.32. The Bertz CT molecular complexity index is 870. The van der Waals surface area contributed by atoms with Crippen molar-refractivity contribution in [3.63, 3.8) is 0 Å². The molecule has 0 N–H and O–H groups in total. The van der Waals surface area contributed by atoms with Gasteiger partial charge >= 0.3 is 0 Å². The van der Waals surface area contributed by atoms with Crippen molar-refractivity contribution in [1.29, 1.82) is 0 Å². The van der Waals surface area contributed by atoms with Gasteiger partial charge in [-0.3, -0.25) is 9.58 Å². The number of hydrogen-bond donors (Lipinski definition) is 0. The molecule has 1 atom stereocenters. The Morgan fingerprint density at radius 1 is 1.19 bits per heavy atom. The van der Waals surface area contributed by atoms with Crippen LogP contribution in [0.2, 0.25) is 0 Å². The molecule has 1 fully saturated rings. The van der Waals surface area contributed by atoms with Crippen LogP contribution in [0.3, 0.4) is 0 Å². The van der Waals surface area contributed by atoms with Crippen LogP contribution >= 0.6 is 11.3 Å². The number of aromatic nitrogens is 3. The Morgan fingerprint density at radius 2 is 2.04 bits per heavy atom. The molecule has 0 unspecified atom stereocenters. The highest BCUT2D eigenvalue weighted by atomic mass is 32.1. The molecule has 0 spiro atoms. The molecule has 142 valence electrons. The van der Waals surface area contributed by atoms with Crippen molar-refractivity contribution in [2.24, 2.45) is 7.05 Å². The van der Waals surface area contributed by atoms with Gasteiger partial charge in [-0.25, -0.2) is 4.98 Å². The lowest BCUT2D eigenvalue weighted by Crippen LogP contribution is -2.28. The van der Waals surface area contributed by atoms with Crippen LogP contribution in [0.1, 0.15) is 43.0 Å². The largest absolute Gasteiger partial charge is 0.497 e. The molecule has 1 aliphatic rings. The van der Waals surface area contributed by atoms with Gasteiger partial charge in [0.25, 0.3) is 0 Å². The highest BCUT2D eigenvalue weighted by Crippen LogP contribution is 2.33. The third kappa shape index (κ3) is 4.22. The van der Waals surface area contributed by atoms with E-state index in [1.807, 2.05) is 24.1 Å². The number of nitrogens with zero attached hydrogens (tertiary/aromatic N) is 4. The first-order valence-electron chi connectivity index (χ1n) is 9.54. The molecule has 0 saturated carbocycles. The fourth-order valence-corrected chi connectivity index (χ4v) is 4.60. The Kier molecular flexibility index (Phi) is 5.55. The van der Waals surface area contributed by atoms with Crippen LogP contribution < -0.4 is 4.74 Å². The van der Waals surface area contributed by atoms with Crippen molar-refractivity contribution < 1.29 is 4.74 Å². The summed E-state index contributed by atoms with van der Waals surface area (Å²) >= 11 is 1.70. The van der Waals surface area contributed by atoms with Crippen molar-refractivity contribution in [2.75, 3.05) is 13.7 Å². The number of ether oxygens (including phenoxy) is 1. The fourth-order valence-electron chi connectivity index (χ4n) is 3.81. The van der Waals surface area contributed by atoms with E-state index in [9.17, 15) is 0 Å². The van der Waals surface area contributed by atoms with Crippen molar-refractivity contribution in [3.05, 3.63) is 53.3 Å². The van der Waals surface area contributed by atoms with Gasteiger partial charge < -0.3 is 4.74 Å². The zero-order chi connectivity index (χ0) is 18.6. The fraction of sp³-hybridized carbons (Fsp3) is 0.429. The highest BCUT2D eigenvalue weighted by Gasteiger charge is 2.23. The molecule has 27 heavy (non-hydrogen) atoms. The third-order valence-corrected chi connectivity index (χ3v) is 6.17. The molecule has 4 rings (SSSR count). The SMILES string of the molecule is COc1ccc([C@@H]2CCCCCN2Cc2csc(-c3cnn(C)c3)n2)cc1. The quantitative estimate of drug-likeness (QED) is 0.643. The monoisotopic (exact) mass is 382 g/mol. The van der Waals surface area contributed by atoms with Gasteiger partial charge in [0.05, 0.1) is 19.0 Å². The summed E-state index contributed by atoms with van der Waals surface area (Å²) in [4.78, 5) is 7.47. The summed E-state index contributed by atoms with van der Waals surface area (Å²) in [7, 11) is 3.66. The first kappa shape index (κ1) is 18.2. The Hall–Kier alpha value is -2.18. The normalized spacial score (nSPS) is 18.4. The van der Waals surface area contributed by atoms with Crippen LogP contribution in [0.25, 0.3) is 10.6 Å². The number of methoxy groups -OCH3 is 1. The summed E-state index contributed by atoms with van der Waals surface area (Å²) in [5.41, 5.74) is 3.62. The number of likely N-dealkylation sites (tertiary alicyclic amines) is 1. The van der Waals surface area contributed by atoms with Gasteiger partial charge in [0.15, 0.2) is 0 Å². The number of hydrogen-bond acceptors (Lipinski definition) is 5. The maximum Gasteiger partial charge on any atom is 0.126 e. The summed E-state index contributed by atoms with van der Waals surface area (Å²) in [5, 5.41) is 7.50. The lowest BCUT2D eigenvalue weighted by molar-refractivity contribution is 0.190. The van der Waals surface area contributed by atoms with E-state index in [1.54, 1.807) is 18.4 Å². The predicted molar refractivity (Wildman–Crippen MR) is 109 cm³/mol. The standard InChI is InChI=1S/C21H26N4OS/c1-24-13-17(12-22-24)21-23-18(15-27-21)14-25-11-5-3-4-6-20(25)16-7-9-19(26-2)10-8-16/h7-10,12-13,15,20H,3-6,11,14H2,1-2H3/t20-/m0/s1. The van der Waals surface area contributed by atoms with E-state index >= 15 is 0 Å². The molecule has 5 nitrogen and oxygen atoms in total. The van der Waals surface area contributed by atoms with Gasteiger partial charge in [-0.15, -0.1) is 11.3 Å². The van der Waals surface area contributed by atoms with E-state index in [-0.39, 0.29) is 0 Å². The van der Waals surface area contributed by atoms with Crippen LogP contribution in [0, 0.1) is 0 Å². The molecule has 1 saturated heterocycles. The number of thiazole rings is 1. The zero-order valence-electron chi connectivity index (χ0n) is 16.0. The summed E-state index contributed by atoms with van der Waals surface area (Å²) in [6.07, 6.45) is 8.95. The predicted octanol–water partition coefficient (Wildman–Crippen LogP) is 4.67. The number of benzene rings is 1. The first-order valence-corrected chi connectivity index (χ1v) is 10.4. The van der Waals surface area contributed by atoms with Crippen LogP contribution in [-0.2, 0) is 13.6 Å². The van der Waals surface area contributed by atoms with E-state index in [2.05, 4.69) is 39.6 Å². The number of rotatable bonds is 5. The molecule has 0 radical (unpaired) electrons. The second-order valence-corrected chi connectivity index (χ2v) is 8.01. The Morgan fingerprint density at radius 3 is 2.78 bits per heavy atom. The average Bonchev–Trinajstić information content (AvgIpc) is 3.26. The van der Waals surface area contributed by atoms with E-state index in [4.69, 9.17) is 9.72 Å². The molecular weight excluding hydrogens is 356 g/mol. The molecule has 3 aromatic rings. The minimum atomic E-state index is 0.446. The van der Waals surface area contributed by atoms with E-state index in [0.29, 0.717) is 6.04 Å². The summed E-state index contributed by atoms with van der Waals surface area (Å²) in [5.74, 6) is 0.916. The molecule has 2 aromatic heterocycles. The van der Waals surface area contributed by atoms with Crippen molar-refractivity contribution in [1.82, 2.24) is 19.7 Å². The summed E-state index contributed by atoms with van der Waals surface area (Å²) < 4.78 is 7.15. The van der Waals surface area contributed by atoms with Gasteiger partial charge in [-0.1, -0.05) is 25.0 Å². The second-order valence-electron chi connectivity index (χ2n) is 7.16. The smallest absolute Gasteiger partial charge is 0.126 e. The van der Waals surface area contributed by atoms with Gasteiger partial charge in [-0.2, -0.15) is 5.10 Å². The molecule has 0 bridgehead atoms. The lowest BCUT2D eigenvalue weighted by atomic mass is 10.0. The third-order valence-electron chi connectivity index (χ3n) is 5.23. The summed E-state index contributed by atoms with van der Waals surface area (Å²) in [6.45, 7) is 2.02. The van der Waals surface area contributed by atoms with Crippen molar-refractivity contribution in [3.8, 4) is 16.3 Å². The lowest BCUT2D eigenvalue weighted by Gasteiger charge is -2.29. The zero-order valence-corrected chi connectivity index (χ0v) is 16.8. The summed E-state index contributed by atoms with van der Waals surface area (Å²) in [6, 6.07) is 9.01. The Balaban J connectivity index is 1.53. The molecule has 0 aliphatic carbocycles. The molecule has 6 heteroatoms. The maximum absolute atomic E-state index is 5.32. The van der Waals surface area contributed by atoms with Crippen molar-refractivity contribution in [2.45, 2.75) is 38.3 Å².